The fourth-order valence-electron chi connectivity index (χ4n) is 2.42. The quantitative estimate of drug-likeness (QED) is 0.739. The van der Waals surface area contributed by atoms with Crippen LogP contribution in [0.25, 0.3) is 11.5 Å². The lowest BCUT2D eigenvalue weighted by molar-refractivity contribution is -0.119. The number of carbonyl (C=O) groups is 1. The second-order valence-electron chi connectivity index (χ2n) is 5.56. The number of thioether (sulfide) groups is 1. The van der Waals surface area contributed by atoms with E-state index < -0.39 is 9.84 Å². The molecule has 0 bridgehead atoms. The summed E-state index contributed by atoms with van der Waals surface area (Å²) in [5.74, 6) is 1.04. The van der Waals surface area contributed by atoms with Crippen LogP contribution in [0.15, 0.2) is 33.9 Å². The molecule has 134 valence electrons. The van der Waals surface area contributed by atoms with Crippen molar-refractivity contribution in [1.29, 1.82) is 0 Å². The van der Waals surface area contributed by atoms with Crippen molar-refractivity contribution < 1.29 is 22.4 Å². The van der Waals surface area contributed by atoms with Gasteiger partial charge in [0.05, 0.1) is 24.4 Å². The Labute approximate surface area is 149 Å². The lowest BCUT2D eigenvalue weighted by atomic mass is 10.2. The van der Waals surface area contributed by atoms with E-state index in [9.17, 15) is 13.2 Å². The van der Waals surface area contributed by atoms with Crippen molar-refractivity contribution in [2.75, 3.05) is 24.4 Å². The maximum Gasteiger partial charge on any atom is 0.277 e. The fraction of sp³-hybridized carbons (Fsp3) is 0.400. The van der Waals surface area contributed by atoms with Crippen molar-refractivity contribution in [3.05, 3.63) is 24.3 Å². The van der Waals surface area contributed by atoms with E-state index in [0.29, 0.717) is 12.3 Å². The highest BCUT2D eigenvalue weighted by atomic mass is 32.2. The van der Waals surface area contributed by atoms with E-state index in [2.05, 4.69) is 15.5 Å². The van der Waals surface area contributed by atoms with Crippen LogP contribution < -0.4 is 10.1 Å². The molecule has 10 heteroatoms. The van der Waals surface area contributed by atoms with Gasteiger partial charge in [-0.1, -0.05) is 11.8 Å². The first-order chi connectivity index (χ1) is 11.9. The fourth-order valence-corrected chi connectivity index (χ4v) is 4.67. The lowest BCUT2D eigenvalue weighted by Gasteiger charge is -2.09. The Morgan fingerprint density at radius 1 is 1.36 bits per heavy atom. The van der Waals surface area contributed by atoms with Crippen LogP contribution in [0.5, 0.6) is 5.75 Å². The van der Waals surface area contributed by atoms with Gasteiger partial charge < -0.3 is 14.5 Å². The van der Waals surface area contributed by atoms with E-state index in [1.807, 2.05) is 0 Å². The number of benzene rings is 1. The Balaban J connectivity index is 1.52. The highest BCUT2D eigenvalue weighted by Crippen LogP contribution is 2.24. The van der Waals surface area contributed by atoms with Gasteiger partial charge in [0.1, 0.15) is 5.75 Å². The summed E-state index contributed by atoms with van der Waals surface area (Å²) in [6.07, 6.45) is 0.459. The molecule has 1 saturated heterocycles. The van der Waals surface area contributed by atoms with Crippen LogP contribution in [0, 0.1) is 0 Å². The molecule has 0 aliphatic carbocycles. The first kappa shape index (κ1) is 17.7. The summed E-state index contributed by atoms with van der Waals surface area (Å²) in [6.45, 7) is 0. The largest absolute Gasteiger partial charge is 0.497 e. The topological polar surface area (TPSA) is 111 Å². The summed E-state index contributed by atoms with van der Waals surface area (Å²) in [5.41, 5.74) is 0.751. The maximum atomic E-state index is 11.9. The van der Waals surface area contributed by atoms with Gasteiger partial charge in [-0.15, -0.1) is 10.2 Å². The number of nitrogens with zero attached hydrogens (tertiary/aromatic N) is 2. The zero-order valence-corrected chi connectivity index (χ0v) is 15.1. The highest BCUT2D eigenvalue weighted by molar-refractivity contribution is 7.99. The Hall–Kier alpha value is -2.07. The number of hydrogen-bond donors (Lipinski definition) is 1. The Kier molecular flexibility index (Phi) is 5.28. The molecule has 2 heterocycles. The van der Waals surface area contributed by atoms with Crippen LogP contribution in [-0.4, -0.2) is 54.9 Å². The molecule has 3 rings (SSSR count). The lowest BCUT2D eigenvalue weighted by Crippen LogP contribution is -2.36. The highest BCUT2D eigenvalue weighted by Gasteiger charge is 2.28. The smallest absolute Gasteiger partial charge is 0.277 e. The normalized spacial score (nSPS) is 18.8. The first-order valence-electron chi connectivity index (χ1n) is 7.56. The van der Waals surface area contributed by atoms with Crippen molar-refractivity contribution in [1.82, 2.24) is 15.5 Å². The number of nitrogens with one attached hydrogen (secondary N) is 1. The van der Waals surface area contributed by atoms with E-state index in [0.717, 1.165) is 23.1 Å². The summed E-state index contributed by atoms with van der Waals surface area (Å²) in [4.78, 5) is 11.9. The molecule has 2 aromatic rings. The third-order valence-corrected chi connectivity index (χ3v) is 6.25. The van der Waals surface area contributed by atoms with Gasteiger partial charge in [-0.3, -0.25) is 4.79 Å². The zero-order chi connectivity index (χ0) is 17.9. The van der Waals surface area contributed by atoms with E-state index in [1.165, 1.54) is 0 Å². The van der Waals surface area contributed by atoms with E-state index in [1.54, 1.807) is 31.4 Å². The molecule has 1 amide bonds. The molecule has 1 aromatic heterocycles. The molecule has 0 saturated carbocycles. The van der Waals surface area contributed by atoms with Crippen molar-refractivity contribution in [2.45, 2.75) is 17.7 Å². The summed E-state index contributed by atoms with van der Waals surface area (Å²) in [5, 5.41) is 10.8. The Morgan fingerprint density at radius 2 is 2.12 bits per heavy atom. The van der Waals surface area contributed by atoms with Crippen LogP contribution in [0.2, 0.25) is 0 Å². The van der Waals surface area contributed by atoms with Crippen molar-refractivity contribution in [3.63, 3.8) is 0 Å². The first-order valence-corrected chi connectivity index (χ1v) is 10.4. The predicted molar refractivity (Wildman–Crippen MR) is 92.2 cm³/mol. The van der Waals surface area contributed by atoms with Gasteiger partial charge in [-0.05, 0) is 30.7 Å². The van der Waals surface area contributed by atoms with Gasteiger partial charge >= 0.3 is 0 Å². The number of methoxy groups -OCH3 is 1. The number of carbonyl (C=O) groups excluding carboxylic acids is 1. The number of rotatable bonds is 6. The van der Waals surface area contributed by atoms with E-state index in [4.69, 9.17) is 9.15 Å². The minimum atomic E-state index is -3.01. The molecule has 1 aliphatic heterocycles. The molecular formula is C15H17N3O5S2. The standard InChI is InChI=1S/C15H17N3O5S2/c1-22-12-4-2-10(3-5-12)14-17-18-15(23-14)24-8-13(19)16-11-6-7-25(20,21)9-11/h2-5,11H,6-9H2,1H3,(H,16,19)/t11-/m0/s1. The van der Waals surface area contributed by atoms with Gasteiger partial charge in [0.2, 0.25) is 11.8 Å². The molecule has 0 radical (unpaired) electrons. The molecule has 0 spiro atoms. The summed E-state index contributed by atoms with van der Waals surface area (Å²) < 4.78 is 33.4. The van der Waals surface area contributed by atoms with Crippen LogP contribution >= 0.6 is 11.8 Å². The number of sulfone groups is 1. The summed E-state index contributed by atoms with van der Waals surface area (Å²) in [6, 6.07) is 6.86. The van der Waals surface area contributed by atoms with Crippen molar-refractivity contribution >= 4 is 27.5 Å². The van der Waals surface area contributed by atoms with Crippen LogP contribution in [0.3, 0.4) is 0 Å². The van der Waals surface area contributed by atoms with Gasteiger partial charge in [0.25, 0.3) is 5.22 Å². The molecule has 1 N–H and O–H groups in total. The summed E-state index contributed by atoms with van der Waals surface area (Å²) in [7, 11) is -1.43. The van der Waals surface area contributed by atoms with Crippen molar-refractivity contribution in [3.8, 4) is 17.2 Å². The molecular weight excluding hydrogens is 366 g/mol. The average molecular weight is 383 g/mol. The van der Waals surface area contributed by atoms with E-state index >= 15 is 0 Å². The van der Waals surface area contributed by atoms with Gasteiger partial charge in [0.15, 0.2) is 9.84 Å². The van der Waals surface area contributed by atoms with Gasteiger partial charge in [0, 0.05) is 11.6 Å². The Bertz CT molecular complexity index is 848. The zero-order valence-electron chi connectivity index (χ0n) is 13.5. The molecule has 1 atom stereocenters. The number of aromatic nitrogens is 2. The second-order valence-corrected chi connectivity index (χ2v) is 8.71. The third-order valence-electron chi connectivity index (χ3n) is 3.67. The monoisotopic (exact) mass is 383 g/mol. The molecule has 0 unspecified atom stereocenters. The minimum absolute atomic E-state index is 0.00554. The van der Waals surface area contributed by atoms with Crippen molar-refractivity contribution in [2.24, 2.45) is 0 Å². The molecule has 1 aliphatic rings. The minimum Gasteiger partial charge on any atom is -0.497 e. The Morgan fingerprint density at radius 3 is 2.76 bits per heavy atom. The van der Waals surface area contributed by atoms with E-state index in [-0.39, 0.29) is 34.4 Å². The number of hydrogen-bond acceptors (Lipinski definition) is 8. The molecule has 8 nitrogen and oxygen atoms in total. The van der Waals surface area contributed by atoms with Crippen LogP contribution in [-0.2, 0) is 14.6 Å². The third kappa shape index (κ3) is 4.73. The predicted octanol–water partition coefficient (Wildman–Crippen LogP) is 1.14. The second kappa shape index (κ2) is 7.44. The summed E-state index contributed by atoms with van der Waals surface area (Å²) >= 11 is 1.11. The average Bonchev–Trinajstić information content (AvgIpc) is 3.19. The molecule has 25 heavy (non-hydrogen) atoms. The van der Waals surface area contributed by atoms with Crippen LogP contribution in [0.4, 0.5) is 0 Å². The molecule has 1 fully saturated rings. The molecule has 1 aromatic carbocycles. The number of ether oxygens (including phenoxy) is 1. The maximum absolute atomic E-state index is 11.9. The van der Waals surface area contributed by atoms with Gasteiger partial charge in [-0.2, -0.15) is 0 Å². The number of amides is 1. The van der Waals surface area contributed by atoms with Crippen LogP contribution in [0.1, 0.15) is 6.42 Å². The van der Waals surface area contributed by atoms with Gasteiger partial charge in [-0.25, -0.2) is 8.42 Å². The SMILES string of the molecule is COc1ccc(-c2nnc(SCC(=O)N[C@H]3CCS(=O)(=O)C3)o2)cc1.